The van der Waals surface area contributed by atoms with Crippen LogP contribution in [0.3, 0.4) is 0 Å². The zero-order valence-electron chi connectivity index (χ0n) is 12.9. The fraction of sp³-hybridized carbons (Fsp3) is 0.933. The summed E-state index contributed by atoms with van der Waals surface area (Å²) < 4.78 is 4.93. The Labute approximate surface area is 117 Å². The van der Waals surface area contributed by atoms with Crippen molar-refractivity contribution in [1.29, 1.82) is 0 Å². The highest BCUT2D eigenvalue weighted by molar-refractivity contribution is 5.81. The van der Waals surface area contributed by atoms with E-state index in [9.17, 15) is 4.79 Å². The predicted molar refractivity (Wildman–Crippen MR) is 77.8 cm³/mol. The van der Waals surface area contributed by atoms with Crippen LogP contribution in [-0.2, 0) is 9.53 Å². The number of methoxy groups -OCH3 is 1. The molecule has 0 aliphatic heterocycles. The third-order valence-electron chi connectivity index (χ3n) is 4.47. The molecule has 0 heterocycles. The number of likely N-dealkylation sites (N-methyl/N-ethyl adjacent to an activating group) is 1. The second-order valence-corrected chi connectivity index (χ2v) is 5.82. The van der Waals surface area contributed by atoms with E-state index in [-0.39, 0.29) is 5.97 Å². The van der Waals surface area contributed by atoms with Gasteiger partial charge in [-0.25, -0.2) is 0 Å². The van der Waals surface area contributed by atoms with Gasteiger partial charge in [-0.2, -0.15) is 0 Å². The molecule has 1 aliphatic rings. The lowest BCUT2D eigenvalue weighted by Gasteiger charge is -2.34. The standard InChI is InChI=1S/C15H30N2O2/c1-5-12(6-2)10-17(7-3)11-15(16,13-8-9-13)14(18)19-4/h12-13H,5-11,16H2,1-4H3. The fourth-order valence-corrected chi connectivity index (χ4v) is 2.74. The first kappa shape index (κ1) is 16.4. The number of carbonyl (C=O) groups is 1. The number of ether oxygens (including phenoxy) is 1. The quantitative estimate of drug-likeness (QED) is 0.651. The summed E-state index contributed by atoms with van der Waals surface area (Å²) in [7, 11) is 1.43. The van der Waals surface area contributed by atoms with Crippen molar-refractivity contribution in [2.75, 3.05) is 26.7 Å². The molecule has 1 unspecified atom stereocenters. The maximum absolute atomic E-state index is 12.0. The maximum atomic E-state index is 12.0. The van der Waals surface area contributed by atoms with Gasteiger partial charge in [-0.3, -0.25) is 4.79 Å². The molecule has 0 spiro atoms. The molecule has 0 radical (unpaired) electrons. The van der Waals surface area contributed by atoms with Gasteiger partial charge in [0.05, 0.1) is 7.11 Å². The molecule has 1 saturated carbocycles. The highest BCUT2D eigenvalue weighted by Gasteiger charge is 2.49. The number of hydrogen-bond donors (Lipinski definition) is 1. The lowest BCUT2D eigenvalue weighted by molar-refractivity contribution is -0.149. The van der Waals surface area contributed by atoms with Crippen molar-refractivity contribution >= 4 is 5.97 Å². The molecule has 1 atom stereocenters. The van der Waals surface area contributed by atoms with Crippen molar-refractivity contribution in [3.8, 4) is 0 Å². The molecule has 1 rings (SSSR count). The van der Waals surface area contributed by atoms with Crippen LogP contribution in [0.4, 0.5) is 0 Å². The van der Waals surface area contributed by atoms with E-state index in [2.05, 4.69) is 25.7 Å². The molecule has 4 nitrogen and oxygen atoms in total. The third-order valence-corrected chi connectivity index (χ3v) is 4.47. The molecule has 0 aromatic carbocycles. The van der Waals surface area contributed by atoms with Gasteiger partial charge >= 0.3 is 5.97 Å². The Kier molecular flexibility index (Phi) is 6.27. The van der Waals surface area contributed by atoms with Crippen LogP contribution < -0.4 is 5.73 Å². The van der Waals surface area contributed by atoms with Crippen molar-refractivity contribution in [3.05, 3.63) is 0 Å². The molecule has 0 aromatic rings. The number of hydrogen-bond acceptors (Lipinski definition) is 4. The molecule has 0 bridgehead atoms. The Bertz CT molecular complexity index is 288. The van der Waals surface area contributed by atoms with Gasteiger partial charge in [0, 0.05) is 13.1 Å². The number of carbonyl (C=O) groups excluding carboxylic acids is 1. The fourth-order valence-electron chi connectivity index (χ4n) is 2.74. The van der Waals surface area contributed by atoms with Crippen molar-refractivity contribution in [1.82, 2.24) is 4.90 Å². The first-order valence-corrected chi connectivity index (χ1v) is 7.61. The van der Waals surface area contributed by atoms with E-state index in [1.165, 1.54) is 20.0 Å². The largest absolute Gasteiger partial charge is 0.468 e. The van der Waals surface area contributed by atoms with Crippen LogP contribution in [0.1, 0.15) is 46.5 Å². The summed E-state index contributed by atoms with van der Waals surface area (Å²) in [5, 5.41) is 0. The smallest absolute Gasteiger partial charge is 0.327 e. The monoisotopic (exact) mass is 270 g/mol. The van der Waals surface area contributed by atoms with Crippen LogP contribution in [0.25, 0.3) is 0 Å². The highest BCUT2D eigenvalue weighted by Crippen LogP contribution is 2.39. The lowest BCUT2D eigenvalue weighted by atomic mass is 9.92. The first-order chi connectivity index (χ1) is 9.01. The molecule has 1 aliphatic carbocycles. The van der Waals surface area contributed by atoms with Gasteiger partial charge in [-0.05, 0) is 31.2 Å². The minimum absolute atomic E-state index is 0.252. The number of rotatable bonds is 9. The maximum Gasteiger partial charge on any atom is 0.327 e. The van der Waals surface area contributed by atoms with Crippen molar-refractivity contribution in [2.24, 2.45) is 17.6 Å². The molecule has 0 aromatic heterocycles. The van der Waals surface area contributed by atoms with Crippen LogP contribution in [0, 0.1) is 11.8 Å². The first-order valence-electron chi connectivity index (χ1n) is 7.61. The third kappa shape index (κ3) is 4.18. The Balaban J connectivity index is 2.67. The van der Waals surface area contributed by atoms with Gasteiger partial charge in [-0.1, -0.05) is 33.6 Å². The molecular formula is C15H30N2O2. The normalized spacial score (nSPS) is 18.7. The van der Waals surface area contributed by atoms with Gasteiger partial charge in [0.1, 0.15) is 5.54 Å². The summed E-state index contributed by atoms with van der Waals surface area (Å²) in [5.74, 6) is 0.731. The minimum Gasteiger partial charge on any atom is -0.468 e. The van der Waals surface area contributed by atoms with E-state index >= 15 is 0 Å². The molecule has 1 fully saturated rings. The Hall–Kier alpha value is -0.610. The SMILES string of the molecule is CCC(CC)CN(CC)CC(N)(C(=O)OC)C1CC1. The molecule has 4 heteroatoms. The zero-order chi connectivity index (χ0) is 14.5. The van der Waals surface area contributed by atoms with Gasteiger partial charge in [0.15, 0.2) is 0 Å². The molecule has 0 saturated heterocycles. The Morgan fingerprint density at radius 3 is 2.32 bits per heavy atom. The number of esters is 1. The van der Waals surface area contributed by atoms with E-state index in [0.717, 1.165) is 25.9 Å². The van der Waals surface area contributed by atoms with Gasteiger partial charge < -0.3 is 15.4 Å². The number of nitrogens with two attached hydrogens (primary N) is 1. The summed E-state index contributed by atoms with van der Waals surface area (Å²) in [6.07, 6.45) is 4.45. The van der Waals surface area contributed by atoms with Crippen molar-refractivity contribution in [2.45, 2.75) is 52.0 Å². The second-order valence-electron chi connectivity index (χ2n) is 5.82. The van der Waals surface area contributed by atoms with E-state index < -0.39 is 5.54 Å². The van der Waals surface area contributed by atoms with Crippen LogP contribution >= 0.6 is 0 Å². The Morgan fingerprint density at radius 1 is 1.37 bits per heavy atom. The van der Waals surface area contributed by atoms with Crippen LogP contribution in [0.5, 0.6) is 0 Å². The molecule has 2 N–H and O–H groups in total. The van der Waals surface area contributed by atoms with E-state index in [4.69, 9.17) is 10.5 Å². The van der Waals surface area contributed by atoms with Crippen LogP contribution in [0.2, 0.25) is 0 Å². The number of nitrogens with zero attached hydrogens (tertiary/aromatic N) is 1. The van der Waals surface area contributed by atoms with Crippen molar-refractivity contribution in [3.63, 3.8) is 0 Å². The molecule has 0 amide bonds. The molecular weight excluding hydrogens is 240 g/mol. The van der Waals surface area contributed by atoms with E-state index in [1.54, 1.807) is 0 Å². The summed E-state index contributed by atoms with van der Waals surface area (Å²) in [6.45, 7) is 9.15. The summed E-state index contributed by atoms with van der Waals surface area (Å²) in [5.41, 5.74) is 5.57. The topological polar surface area (TPSA) is 55.6 Å². The summed E-state index contributed by atoms with van der Waals surface area (Å²) >= 11 is 0. The van der Waals surface area contributed by atoms with E-state index in [1.807, 2.05) is 0 Å². The summed E-state index contributed by atoms with van der Waals surface area (Å²) in [6, 6.07) is 0. The average Bonchev–Trinajstić information content (AvgIpc) is 3.26. The average molecular weight is 270 g/mol. The van der Waals surface area contributed by atoms with Crippen LogP contribution in [-0.4, -0.2) is 43.2 Å². The van der Waals surface area contributed by atoms with Crippen molar-refractivity contribution < 1.29 is 9.53 Å². The predicted octanol–water partition coefficient (Wildman–Crippen LogP) is 2.02. The van der Waals surface area contributed by atoms with Gasteiger partial charge in [0.2, 0.25) is 0 Å². The van der Waals surface area contributed by atoms with Gasteiger partial charge in [0.25, 0.3) is 0 Å². The lowest BCUT2D eigenvalue weighted by Crippen LogP contribution is -2.58. The zero-order valence-corrected chi connectivity index (χ0v) is 12.9. The summed E-state index contributed by atoms with van der Waals surface area (Å²) in [4.78, 5) is 14.3. The molecule has 112 valence electrons. The van der Waals surface area contributed by atoms with E-state index in [0.29, 0.717) is 18.4 Å². The molecule has 19 heavy (non-hydrogen) atoms. The van der Waals surface area contributed by atoms with Crippen LogP contribution in [0.15, 0.2) is 0 Å². The highest BCUT2D eigenvalue weighted by atomic mass is 16.5. The minimum atomic E-state index is -0.809. The van der Waals surface area contributed by atoms with Gasteiger partial charge in [-0.15, -0.1) is 0 Å². The Morgan fingerprint density at radius 2 is 1.95 bits per heavy atom. The second kappa shape index (κ2) is 7.25.